The minimum atomic E-state index is -0.255. The monoisotopic (exact) mass is 330 g/mol. The van der Waals surface area contributed by atoms with Gasteiger partial charge in [0.05, 0.1) is 12.3 Å². The summed E-state index contributed by atoms with van der Waals surface area (Å²) in [4.78, 5) is 24.7. The number of carbonyl (C=O) groups excluding carboxylic acids is 1. The highest BCUT2D eigenvalue weighted by Crippen LogP contribution is 2.22. The maximum atomic E-state index is 11.8. The van der Waals surface area contributed by atoms with Crippen LogP contribution in [0.2, 0.25) is 0 Å². The van der Waals surface area contributed by atoms with Crippen LogP contribution >= 0.6 is 0 Å². The lowest BCUT2D eigenvalue weighted by Gasteiger charge is -2.35. The van der Waals surface area contributed by atoms with Crippen molar-refractivity contribution in [2.24, 2.45) is 0 Å². The molecule has 24 heavy (non-hydrogen) atoms. The number of hydrogen-bond donors (Lipinski definition) is 0. The van der Waals surface area contributed by atoms with Crippen LogP contribution in [0.3, 0.4) is 0 Å². The van der Waals surface area contributed by atoms with Gasteiger partial charge >= 0.3 is 6.09 Å². The van der Waals surface area contributed by atoms with Crippen LogP contribution in [0.25, 0.3) is 5.82 Å². The zero-order valence-corrected chi connectivity index (χ0v) is 14.3. The van der Waals surface area contributed by atoms with Crippen molar-refractivity contribution in [3.05, 3.63) is 29.8 Å². The van der Waals surface area contributed by atoms with Crippen molar-refractivity contribution >= 4 is 11.9 Å². The Kier molecular flexibility index (Phi) is 4.64. The predicted octanol–water partition coefficient (Wildman–Crippen LogP) is 1.56. The summed E-state index contributed by atoms with van der Waals surface area (Å²) >= 11 is 0. The maximum absolute atomic E-state index is 11.8. The van der Waals surface area contributed by atoms with Gasteiger partial charge in [0.2, 0.25) is 0 Å². The molecular weight excluding hydrogens is 308 g/mol. The summed E-state index contributed by atoms with van der Waals surface area (Å²) in [6.45, 7) is 8.74. The van der Waals surface area contributed by atoms with E-state index in [9.17, 15) is 4.79 Å². The molecule has 0 aliphatic carbocycles. The van der Waals surface area contributed by atoms with E-state index in [4.69, 9.17) is 4.74 Å². The lowest BCUT2D eigenvalue weighted by Crippen LogP contribution is -2.49. The Labute approximate surface area is 141 Å². The number of nitrogens with zero attached hydrogens (tertiary/aromatic N) is 6. The zero-order chi connectivity index (χ0) is 17.1. The van der Waals surface area contributed by atoms with Gasteiger partial charge in [-0.05, 0) is 26.8 Å². The molecule has 1 saturated heterocycles. The number of piperazine rings is 1. The van der Waals surface area contributed by atoms with E-state index in [0.29, 0.717) is 38.6 Å². The number of hydrogen-bond acceptors (Lipinski definition) is 6. The average molecular weight is 330 g/mol. The third-order valence-electron chi connectivity index (χ3n) is 3.98. The topological polar surface area (TPSA) is 76.4 Å². The van der Waals surface area contributed by atoms with Gasteiger partial charge < -0.3 is 14.5 Å². The lowest BCUT2D eigenvalue weighted by atomic mass is 10.3. The number of carbonyl (C=O) groups is 1. The van der Waals surface area contributed by atoms with Gasteiger partial charge in [0, 0.05) is 44.3 Å². The van der Waals surface area contributed by atoms with Crippen LogP contribution in [0, 0.1) is 13.8 Å². The molecule has 3 heterocycles. The molecule has 3 rings (SSSR count). The van der Waals surface area contributed by atoms with Crippen LogP contribution in [-0.2, 0) is 4.74 Å². The molecule has 1 aliphatic heterocycles. The van der Waals surface area contributed by atoms with E-state index in [0.717, 1.165) is 17.2 Å². The summed E-state index contributed by atoms with van der Waals surface area (Å²) in [5.41, 5.74) is 1.95. The summed E-state index contributed by atoms with van der Waals surface area (Å²) in [5.74, 6) is 1.50. The van der Waals surface area contributed by atoms with E-state index in [1.807, 2.05) is 31.5 Å². The highest BCUT2D eigenvalue weighted by Gasteiger charge is 2.25. The standard InChI is InChI=1S/C16H22N6O2/c1-4-24-16(23)21-9-7-20(8-10-21)14-15(18-6-5-17-14)22-13(3)11-12(2)19-22/h5-6,11H,4,7-10H2,1-3H3. The summed E-state index contributed by atoms with van der Waals surface area (Å²) in [6.07, 6.45) is 3.10. The Bertz CT molecular complexity index is 721. The van der Waals surface area contributed by atoms with Gasteiger partial charge in [-0.2, -0.15) is 5.10 Å². The molecule has 0 saturated carbocycles. The van der Waals surface area contributed by atoms with E-state index >= 15 is 0 Å². The van der Waals surface area contributed by atoms with Gasteiger partial charge in [0.1, 0.15) is 0 Å². The fourth-order valence-electron chi connectivity index (χ4n) is 2.85. The first kappa shape index (κ1) is 16.2. The summed E-state index contributed by atoms with van der Waals surface area (Å²) in [5, 5.41) is 4.51. The molecule has 0 aromatic carbocycles. The summed E-state index contributed by atoms with van der Waals surface area (Å²) < 4.78 is 6.88. The zero-order valence-electron chi connectivity index (χ0n) is 14.3. The van der Waals surface area contributed by atoms with Crippen molar-refractivity contribution < 1.29 is 9.53 Å². The van der Waals surface area contributed by atoms with Gasteiger partial charge in [0.25, 0.3) is 0 Å². The molecule has 0 N–H and O–H groups in total. The number of rotatable bonds is 3. The van der Waals surface area contributed by atoms with Gasteiger partial charge in [0.15, 0.2) is 11.6 Å². The molecule has 1 amide bonds. The van der Waals surface area contributed by atoms with Crippen molar-refractivity contribution in [3.8, 4) is 5.82 Å². The van der Waals surface area contributed by atoms with Crippen molar-refractivity contribution in [3.63, 3.8) is 0 Å². The lowest BCUT2D eigenvalue weighted by molar-refractivity contribution is 0.105. The van der Waals surface area contributed by atoms with E-state index in [-0.39, 0.29) is 6.09 Å². The Morgan fingerprint density at radius 3 is 2.38 bits per heavy atom. The number of amides is 1. The molecule has 128 valence electrons. The van der Waals surface area contributed by atoms with Crippen molar-refractivity contribution in [1.29, 1.82) is 0 Å². The van der Waals surface area contributed by atoms with Gasteiger partial charge in [-0.15, -0.1) is 0 Å². The Hall–Kier alpha value is -2.64. The second kappa shape index (κ2) is 6.86. The third kappa shape index (κ3) is 3.17. The third-order valence-corrected chi connectivity index (χ3v) is 3.98. The average Bonchev–Trinajstić information content (AvgIpc) is 2.93. The van der Waals surface area contributed by atoms with Crippen molar-refractivity contribution in [2.75, 3.05) is 37.7 Å². The highest BCUT2D eigenvalue weighted by molar-refractivity contribution is 5.68. The largest absolute Gasteiger partial charge is 0.450 e. The molecule has 0 spiro atoms. The molecular formula is C16H22N6O2. The van der Waals surface area contributed by atoms with Crippen LogP contribution < -0.4 is 4.90 Å². The number of aryl methyl sites for hydroxylation is 2. The minimum absolute atomic E-state index is 0.255. The Balaban J connectivity index is 1.80. The fourth-order valence-corrected chi connectivity index (χ4v) is 2.85. The van der Waals surface area contributed by atoms with E-state index in [1.54, 1.807) is 17.3 Å². The molecule has 1 fully saturated rings. The first-order valence-electron chi connectivity index (χ1n) is 8.11. The molecule has 0 radical (unpaired) electrons. The van der Waals surface area contributed by atoms with Gasteiger partial charge in [-0.1, -0.05) is 0 Å². The molecule has 2 aromatic heterocycles. The van der Waals surface area contributed by atoms with Crippen molar-refractivity contribution in [2.45, 2.75) is 20.8 Å². The molecule has 0 bridgehead atoms. The molecule has 0 unspecified atom stereocenters. The molecule has 8 heteroatoms. The summed E-state index contributed by atoms with van der Waals surface area (Å²) in [7, 11) is 0. The van der Waals surface area contributed by atoms with Crippen LogP contribution in [0.5, 0.6) is 0 Å². The first-order chi connectivity index (χ1) is 11.6. The van der Waals surface area contributed by atoms with Crippen LogP contribution in [0.4, 0.5) is 10.6 Å². The van der Waals surface area contributed by atoms with E-state index in [1.165, 1.54) is 0 Å². The fraction of sp³-hybridized carbons (Fsp3) is 0.500. The second-order valence-corrected chi connectivity index (χ2v) is 5.72. The Morgan fingerprint density at radius 1 is 1.12 bits per heavy atom. The highest BCUT2D eigenvalue weighted by atomic mass is 16.6. The quantitative estimate of drug-likeness (QED) is 0.850. The number of anilines is 1. The van der Waals surface area contributed by atoms with Crippen molar-refractivity contribution in [1.82, 2.24) is 24.6 Å². The van der Waals surface area contributed by atoms with E-state index < -0.39 is 0 Å². The molecule has 8 nitrogen and oxygen atoms in total. The SMILES string of the molecule is CCOC(=O)N1CCN(c2nccnc2-n2nc(C)cc2C)CC1. The normalized spacial score (nSPS) is 14.8. The van der Waals surface area contributed by atoms with E-state index in [2.05, 4.69) is 20.0 Å². The number of ether oxygens (including phenoxy) is 1. The van der Waals surface area contributed by atoms with Gasteiger partial charge in [-0.3, -0.25) is 0 Å². The van der Waals surface area contributed by atoms with Crippen LogP contribution in [0.1, 0.15) is 18.3 Å². The molecule has 0 atom stereocenters. The Morgan fingerprint density at radius 2 is 1.79 bits per heavy atom. The summed E-state index contributed by atoms with van der Waals surface area (Å²) in [6, 6.07) is 2.01. The van der Waals surface area contributed by atoms with Crippen LogP contribution in [-0.4, -0.2) is 63.5 Å². The predicted molar refractivity (Wildman–Crippen MR) is 89.4 cm³/mol. The second-order valence-electron chi connectivity index (χ2n) is 5.72. The number of aromatic nitrogens is 4. The maximum Gasteiger partial charge on any atom is 0.409 e. The smallest absolute Gasteiger partial charge is 0.409 e. The van der Waals surface area contributed by atoms with Crippen LogP contribution in [0.15, 0.2) is 18.5 Å². The first-order valence-corrected chi connectivity index (χ1v) is 8.11. The minimum Gasteiger partial charge on any atom is -0.450 e. The molecule has 1 aliphatic rings. The molecule has 2 aromatic rings. The van der Waals surface area contributed by atoms with Gasteiger partial charge in [-0.25, -0.2) is 19.4 Å².